The highest BCUT2D eigenvalue weighted by Gasteiger charge is 2.43. The second-order valence-electron chi connectivity index (χ2n) is 5.33. The minimum Gasteiger partial charge on any atom is -0.449 e. The first kappa shape index (κ1) is 21.3. The predicted octanol–water partition coefficient (Wildman–Crippen LogP) is 4.53. The SMILES string of the molecule is CCN(CC)CC[C@@H](OC(=O)c1cccc(C(F)(F)F)c1)C(F)(F)F. The second kappa shape index (κ2) is 8.55. The van der Waals surface area contributed by atoms with Crippen molar-refractivity contribution in [2.45, 2.75) is 38.7 Å². The van der Waals surface area contributed by atoms with E-state index >= 15 is 0 Å². The first-order valence-corrected chi connectivity index (χ1v) is 7.66. The van der Waals surface area contributed by atoms with Gasteiger partial charge in [-0.1, -0.05) is 19.9 Å². The molecule has 142 valence electrons. The fourth-order valence-electron chi connectivity index (χ4n) is 2.15. The van der Waals surface area contributed by atoms with Gasteiger partial charge in [0.1, 0.15) is 0 Å². The monoisotopic (exact) mass is 371 g/mol. The summed E-state index contributed by atoms with van der Waals surface area (Å²) >= 11 is 0. The lowest BCUT2D eigenvalue weighted by atomic mass is 10.1. The molecule has 0 aliphatic rings. The summed E-state index contributed by atoms with van der Waals surface area (Å²) in [6.07, 6.45) is -12.4. The third-order valence-corrected chi connectivity index (χ3v) is 3.64. The molecule has 1 atom stereocenters. The number of carbonyl (C=O) groups excluding carboxylic acids is 1. The topological polar surface area (TPSA) is 29.5 Å². The van der Waals surface area contributed by atoms with Crippen molar-refractivity contribution in [2.24, 2.45) is 0 Å². The molecule has 0 bridgehead atoms. The van der Waals surface area contributed by atoms with E-state index in [2.05, 4.69) is 4.74 Å². The Bertz CT molecular complexity index is 566. The summed E-state index contributed by atoms with van der Waals surface area (Å²) in [5.74, 6) is -1.44. The Labute approximate surface area is 141 Å². The van der Waals surface area contributed by atoms with Gasteiger partial charge in [-0.2, -0.15) is 26.3 Å². The Balaban J connectivity index is 2.88. The quantitative estimate of drug-likeness (QED) is 0.521. The Kier molecular flexibility index (Phi) is 7.28. The van der Waals surface area contributed by atoms with E-state index in [0.717, 1.165) is 18.2 Å². The molecule has 0 spiro atoms. The fraction of sp³-hybridized carbons (Fsp3) is 0.562. The Morgan fingerprint density at radius 3 is 2.20 bits per heavy atom. The fourth-order valence-corrected chi connectivity index (χ4v) is 2.15. The lowest BCUT2D eigenvalue weighted by molar-refractivity contribution is -0.206. The lowest BCUT2D eigenvalue weighted by Gasteiger charge is -2.24. The van der Waals surface area contributed by atoms with Gasteiger partial charge in [0.15, 0.2) is 6.10 Å². The summed E-state index contributed by atoms with van der Waals surface area (Å²) in [6, 6.07) is 3.12. The Morgan fingerprint density at radius 2 is 1.72 bits per heavy atom. The van der Waals surface area contributed by atoms with Crippen LogP contribution in [0.2, 0.25) is 0 Å². The average Bonchev–Trinajstić information content (AvgIpc) is 2.52. The molecule has 0 aliphatic carbocycles. The van der Waals surface area contributed by atoms with Crippen molar-refractivity contribution in [1.82, 2.24) is 4.90 Å². The normalized spacial score (nSPS) is 13.8. The van der Waals surface area contributed by atoms with Gasteiger partial charge in [-0.15, -0.1) is 0 Å². The molecule has 0 saturated carbocycles. The van der Waals surface area contributed by atoms with E-state index in [-0.39, 0.29) is 6.54 Å². The molecule has 0 amide bonds. The molecule has 0 aliphatic heterocycles. The zero-order valence-electron chi connectivity index (χ0n) is 13.7. The number of esters is 1. The highest BCUT2D eigenvalue weighted by molar-refractivity contribution is 5.89. The first-order chi connectivity index (χ1) is 11.5. The smallest absolute Gasteiger partial charge is 0.425 e. The zero-order chi connectivity index (χ0) is 19.3. The van der Waals surface area contributed by atoms with Gasteiger partial charge < -0.3 is 9.64 Å². The second-order valence-corrected chi connectivity index (χ2v) is 5.33. The van der Waals surface area contributed by atoms with Crippen molar-refractivity contribution in [3.63, 3.8) is 0 Å². The van der Waals surface area contributed by atoms with Gasteiger partial charge in [0.25, 0.3) is 0 Å². The van der Waals surface area contributed by atoms with Crippen LogP contribution in [0.4, 0.5) is 26.3 Å². The molecule has 9 heteroatoms. The maximum Gasteiger partial charge on any atom is 0.425 e. The largest absolute Gasteiger partial charge is 0.449 e. The third kappa shape index (κ3) is 6.56. The number of nitrogens with zero attached hydrogens (tertiary/aromatic N) is 1. The highest BCUT2D eigenvalue weighted by Crippen LogP contribution is 2.30. The average molecular weight is 371 g/mol. The lowest BCUT2D eigenvalue weighted by Crippen LogP contribution is -2.37. The Hall–Kier alpha value is -1.77. The molecule has 0 radical (unpaired) electrons. The van der Waals surface area contributed by atoms with Crippen LogP contribution in [0.25, 0.3) is 0 Å². The van der Waals surface area contributed by atoms with Gasteiger partial charge in [-0.05, 0) is 31.3 Å². The van der Waals surface area contributed by atoms with E-state index in [1.807, 2.05) is 0 Å². The van der Waals surface area contributed by atoms with Crippen LogP contribution in [0, 0.1) is 0 Å². The van der Waals surface area contributed by atoms with Crippen LogP contribution in [0.3, 0.4) is 0 Å². The van der Waals surface area contributed by atoms with Crippen molar-refractivity contribution < 1.29 is 35.9 Å². The summed E-state index contributed by atoms with van der Waals surface area (Å²) < 4.78 is 81.5. The van der Waals surface area contributed by atoms with Crippen LogP contribution in [0.1, 0.15) is 36.2 Å². The minimum absolute atomic E-state index is 0.0487. The van der Waals surface area contributed by atoms with Crippen LogP contribution in [0.15, 0.2) is 24.3 Å². The molecule has 3 nitrogen and oxygen atoms in total. The summed E-state index contributed by atoms with van der Waals surface area (Å²) in [7, 11) is 0. The molecular weight excluding hydrogens is 352 g/mol. The van der Waals surface area contributed by atoms with Crippen molar-refractivity contribution >= 4 is 5.97 Å². The van der Waals surface area contributed by atoms with Crippen molar-refractivity contribution in [3.05, 3.63) is 35.4 Å². The standard InChI is InChI=1S/C16H19F6NO2/c1-3-23(4-2)9-8-13(16(20,21)22)25-14(24)11-6-5-7-12(10-11)15(17,18)19/h5-7,10,13H,3-4,8-9H2,1-2H3/t13-/m1/s1. The molecule has 0 aromatic heterocycles. The van der Waals surface area contributed by atoms with E-state index in [4.69, 9.17) is 0 Å². The number of rotatable bonds is 7. The first-order valence-electron chi connectivity index (χ1n) is 7.66. The highest BCUT2D eigenvalue weighted by atomic mass is 19.4. The van der Waals surface area contributed by atoms with Crippen molar-refractivity contribution in [1.29, 1.82) is 0 Å². The van der Waals surface area contributed by atoms with E-state index in [1.54, 1.807) is 18.7 Å². The van der Waals surface area contributed by atoms with E-state index in [9.17, 15) is 31.1 Å². The van der Waals surface area contributed by atoms with E-state index < -0.39 is 42.0 Å². The number of hydrogen-bond acceptors (Lipinski definition) is 3. The van der Waals surface area contributed by atoms with Crippen LogP contribution >= 0.6 is 0 Å². The molecule has 0 heterocycles. The molecule has 1 rings (SSSR count). The number of carbonyl (C=O) groups is 1. The molecule has 0 fully saturated rings. The molecule has 0 unspecified atom stereocenters. The van der Waals surface area contributed by atoms with Gasteiger partial charge >= 0.3 is 18.3 Å². The predicted molar refractivity (Wildman–Crippen MR) is 79.1 cm³/mol. The number of hydrogen-bond donors (Lipinski definition) is 0. The van der Waals surface area contributed by atoms with Gasteiger partial charge in [0, 0.05) is 13.0 Å². The van der Waals surface area contributed by atoms with Crippen molar-refractivity contribution in [3.8, 4) is 0 Å². The summed E-state index contributed by atoms with van der Waals surface area (Å²) in [5.41, 5.74) is -1.71. The van der Waals surface area contributed by atoms with Crippen LogP contribution in [0.5, 0.6) is 0 Å². The van der Waals surface area contributed by atoms with Gasteiger partial charge in [-0.3, -0.25) is 0 Å². The molecular formula is C16H19F6NO2. The van der Waals surface area contributed by atoms with Gasteiger partial charge in [0.05, 0.1) is 11.1 Å². The van der Waals surface area contributed by atoms with E-state index in [0.29, 0.717) is 19.2 Å². The third-order valence-electron chi connectivity index (χ3n) is 3.64. The summed E-state index contributed by atoms with van der Waals surface area (Å²) in [5, 5.41) is 0. The van der Waals surface area contributed by atoms with Crippen LogP contribution in [-0.2, 0) is 10.9 Å². The number of alkyl halides is 6. The zero-order valence-corrected chi connectivity index (χ0v) is 13.7. The molecule has 1 aromatic rings. The molecule has 0 saturated heterocycles. The number of halogens is 6. The Morgan fingerprint density at radius 1 is 1.12 bits per heavy atom. The number of benzene rings is 1. The molecule has 25 heavy (non-hydrogen) atoms. The maximum absolute atomic E-state index is 13.0. The van der Waals surface area contributed by atoms with E-state index in [1.165, 1.54) is 0 Å². The summed E-state index contributed by atoms with van der Waals surface area (Å²) in [6.45, 7) is 4.67. The number of ether oxygens (including phenoxy) is 1. The van der Waals surface area contributed by atoms with Gasteiger partial charge in [-0.25, -0.2) is 4.79 Å². The van der Waals surface area contributed by atoms with Crippen LogP contribution < -0.4 is 0 Å². The maximum atomic E-state index is 13.0. The molecule has 1 aromatic carbocycles. The van der Waals surface area contributed by atoms with Crippen LogP contribution in [-0.4, -0.2) is 42.8 Å². The minimum atomic E-state index is -4.80. The molecule has 0 N–H and O–H groups in total. The van der Waals surface area contributed by atoms with Crippen molar-refractivity contribution in [2.75, 3.05) is 19.6 Å². The summed E-state index contributed by atoms with van der Waals surface area (Å²) in [4.78, 5) is 13.6. The van der Waals surface area contributed by atoms with Gasteiger partial charge in [0.2, 0.25) is 0 Å².